The monoisotopic (exact) mass is 445 g/mol. The van der Waals surface area contributed by atoms with Crippen LogP contribution in [-0.2, 0) is 9.59 Å². The standard InChI is InChI=1S/C26H27N3O4/c1-8-16-10-9-11-17(12-16)29-22-18-13-20(32-23(30)25(2,3)4)21(14-19(18)27-15-28-22)33-24(31)26(5,6)7/h1,9-15H,2-7H3,(H,27,28,29). The Morgan fingerprint density at radius 2 is 1.52 bits per heavy atom. The van der Waals surface area contributed by atoms with Crippen molar-refractivity contribution in [2.75, 3.05) is 5.32 Å². The predicted octanol–water partition coefficient (Wildman–Crippen LogP) is 5.26. The van der Waals surface area contributed by atoms with E-state index in [9.17, 15) is 9.59 Å². The number of benzene rings is 2. The van der Waals surface area contributed by atoms with E-state index in [1.165, 1.54) is 6.33 Å². The van der Waals surface area contributed by atoms with Crippen molar-refractivity contribution >= 4 is 34.3 Å². The van der Waals surface area contributed by atoms with Crippen LogP contribution in [0.3, 0.4) is 0 Å². The average molecular weight is 446 g/mol. The number of carbonyl (C=O) groups excluding carboxylic acids is 2. The van der Waals surface area contributed by atoms with E-state index in [4.69, 9.17) is 15.9 Å². The van der Waals surface area contributed by atoms with Gasteiger partial charge in [-0.1, -0.05) is 12.0 Å². The summed E-state index contributed by atoms with van der Waals surface area (Å²) in [5, 5.41) is 3.80. The Morgan fingerprint density at radius 1 is 0.909 bits per heavy atom. The number of esters is 2. The molecule has 0 amide bonds. The molecule has 170 valence electrons. The van der Waals surface area contributed by atoms with Gasteiger partial charge in [-0.15, -0.1) is 6.42 Å². The van der Waals surface area contributed by atoms with Crippen LogP contribution >= 0.6 is 0 Å². The predicted molar refractivity (Wildman–Crippen MR) is 127 cm³/mol. The van der Waals surface area contributed by atoms with E-state index in [1.807, 2.05) is 24.3 Å². The van der Waals surface area contributed by atoms with Gasteiger partial charge in [0.15, 0.2) is 11.5 Å². The van der Waals surface area contributed by atoms with Crippen molar-refractivity contribution in [1.82, 2.24) is 9.97 Å². The normalized spacial score (nSPS) is 11.5. The fourth-order valence-electron chi connectivity index (χ4n) is 2.65. The molecule has 3 rings (SSSR count). The SMILES string of the molecule is C#Cc1cccc(Nc2ncnc3cc(OC(=O)C(C)(C)C)c(OC(=O)C(C)(C)C)cc23)c1. The third-order valence-corrected chi connectivity index (χ3v) is 4.62. The molecule has 1 N–H and O–H groups in total. The van der Waals surface area contributed by atoms with E-state index in [-0.39, 0.29) is 11.5 Å². The fraction of sp³-hybridized carbons (Fsp3) is 0.308. The fourth-order valence-corrected chi connectivity index (χ4v) is 2.65. The maximum atomic E-state index is 12.6. The molecule has 0 spiro atoms. The molecule has 0 aliphatic rings. The molecule has 3 aromatic rings. The van der Waals surface area contributed by atoms with Gasteiger partial charge in [-0.05, 0) is 65.8 Å². The summed E-state index contributed by atoms with van der Waals surface area (Å²) in [6.07, 6.45) is 6.89. The van der Waals surface area contributed by atoms with Crippen LogP contribution in [0.4, 0.5) is 11.5 Å². The maximum Gasteiger partial charge on any atom is 0.316 e. The summed E-state index contributed by atoms with van der Waals surface area (Å²) < 4.78 is 11.2. The molecule has 0 aliphatic heterocycles. The Balaban J connectivity index is 2.11. The smallest absolute Gasteiger partial charge is 0.316 e. The van der Waals surface area contributed by atoms with E-state index < -0.39 is 22.8 Å². The number of aromatic nitrogens is 2. The third-order valence-electron chi connectivity index (χ3n) is 4.62. The second-order valence-corrected chi connectivity index (χ2v) is 9.67. The largest absolute Gasteiger partial charge is 0.422 e. The van der Waals surface area contributed by atoms with Gasteiger partial charge < -0.3 is 14.8 Å². The molecule has 1 heterocycles. The summed E-state index contributed by atoms with van der Waals surface area (Å²) in [6.45, 7) is 10.5. The lowest BCUT2D eigenvalue weighted by Gasteiger charge is -2.21. The molecular formula is C26H27N3O4. The van der Waals surface area contributed by atoms with Crippen molar-refractivity contribution in [3.63, 3.8) is 0 Å². The van der Waals surface area contributed by atoms with Gasteiger partial charge in [0.05, 0.1) is 16.3 Å². The van der Waals surface area contributed by atoms with Gasteiger partial charge in [0, 0.05) is 22.7 Å². The molecule has 0 atom stereocenters. The van der Waals surface area contributed by atoms with Gasteiger partial charge in [0.2, 0.25) is 0 Å². The van der Waals surface area contributed by atoms with Crippen molar-refractivity contribution in [2.24, 2.45) is 10.8 Å². The van der Waals surface area contributed by atoms with Gasteiger partial charge in [-0.25, -0.2) is 9.97 Å². The highest BCUT2D eigenvalue weighted by atomic mass is 16.6. The van der Waals surface area contributed by atoms with Gasteiger partial charge >= 0.3 is 11.9 Å². The first-order chi connectivity index (χ1) is 15.4. The van der Waals surface area contributed by atoms with Crippen LogP contribution in [0.2, 0.25) is 0 Å². The first kappa shape index (κ1) is 23.7. The van der Waals surface area contributed by atoms with Gasteiger partial charge in [0.1, 0.15) is 12.1 Å². The van der Waals surface area contributed by atoms with Crippen LogP contribution in [0, 0.1) is 23.2 Å². The number of hydrogen-bond donors (Lipinski definition) is 1. The maximum absolute atomic E-state index is 12.6. The summed E-state index contributed by atoms with van der Waals surface area (Å²) in [4.78, 5) is 33.8. The Morgan fingerprint density at radius 3 is 2.09 bits per heavy atom. The lowest BCUT2D eigenvalue weighted by molar-refractivity contribution is -0.145. The quantitative estimate of drug-likeness (QED) is 0.333. The first-order valence-corrected chi connectivity index (χ1v) is 10.5. The second-order valence-electron chi connectivity index (χ2n) is 9.67. The highest BCUT2D eigenvalue weighted by molar-refractivity contribution is 5.94. The molecule has 0 bridgehead atoms. The molecule has 7 nitrogen and oxygen atoms in total. The van der Waals surface area contributed by atoms with Crippen molar-refractivity contribution in [3.05, 3.63) is 48.3 Å². The van der Waals surface area contributed by atoms with Crippen LogP contribution in [0.25, 0.3) is 10.9 Å². The lowest BCUT2D eigenvalue weighted by atomic mass is 9.97. The van der Waals surface area contributed by atoms with E-state index in [1.54, 1.807) is 53.7 Å². The highest BCUT2D eigenvalue weighted by Crippen LogP contribution is 2.37. The number of ether oxygens (including phenoxy) is 2. The van der Waals surface area contributed by atoms with Gasteiger partial charge in [-0.2, -0.15) is 0 Å². The average Bonchev–Trinajstić information content (AvgIpc) is 2.73. The van der Waals surface area contributed by atoms with Gasteiger partial charge in [-0.3, -0.25) is 9.59 Å². The number of fused-ring (bicyclic) bond motifs is 1. The minimum absolute atomic E-state index is 0.107. The van der Waals surface area contributed by atoms with Gasteiger partial charge in [0.25, 0.3) is 0 Å². The molecule has 33 heavy (non-hydrogen) atoms. The number of nitrogens with zero attached hydrogens (tertiary/aromatic N) is 2. The molecular weight excluding hydrogens is 418 g/mol. The molecule has 0 saturated heterocycles. The molecule has 1 aromatic heterocycles. The van der Waals surface area contributed by atoms with E-state index in [0.29, 0.717) is 16.7 Å². The Hall–Kier alpha value is -3.92. The first-order valence-electron chi connectivity index (χ1n) is 10.5. The lowest BCUT2D eigenvalue weighted by Crippen LogP contribution is -2.28. The summed E-state index contributed by atoms with van der Waals surface area (Å²) in [7, 11) is 0. The number of rotatable bonds is 4. The van der Waals surface area contributed by atoms with Crippen LogP contribution in [0.15, 0.2) is 42.7 Å². The zero-order valence-electron chi connectivity index (χ0n) is 19.6. The highest BCUT2D eigenvalue weighted by Gasteiger charge is 2.29. The summed E-state index contributed by atoms with van der Waals surface area (Å²) >= 11 is 0. The van der Waals surface area contributed by atoms with E-state index in [0.717, 1.165) is 11.3 Å². The third kappa shape index (κ3) is 5.66. The molecule has 0 radical (unpaired) electrons. The number of hydrogen-bond acceptors (Lipinski definition) is 7. The van der Waals surface area contributed by atoms with Crippen molar-refractivity contribution in [2.45, 2.75) is 41.5 Å². The number of carbonyl (C=O) groups is 2. The minimum atomic E-state index is -0.760. The topological polar surface area (TPSA) is 90.4 Å². The van der Waals surface area contributed by atoms with Crippen LogP contribution in [0.5, 0.6) is 11.5 Å². The van der Waals surface area contributed by atoms with E-state index in [2.05, 4.69) is 21.2 Å². The summed E-state index contributed by atoms with van der Waals surface area (Å²) in [6, 6.07) is 10.5. The summed E-state index contributed by atoms with van der Waals surface area (Å²) in [5.41, 5.74) is 0.453. The van der Waals surface area contributed by atoms with Crippen molar-refractivity contribution < 1.29 is 19.1 Å². The Labute approximate surface area is 193 Å². The van der Waals surface area contributed by atoms with Crippen LogP contribution in [-0.4, -0.2) is 21.9 Å². The van der Waals surface area contributed by atoms with Crippen molar-refractivity contribution in [3.8, 4) is 23.8 Å². The summed E-state index contributed by atoms with van der Waals surface area (Å²) in [5.74, 6) is 2.36. The molecule has 0 fully saturated rings. The Bertz CT molecular complexity index is 1260. The zero-order valence-corrected chi connectivity index (χ0v) is 19.6. The molecule has 0 aliphatic carbocycles. The molecule has 0 saturated carbocycles. The number of anilines is 2. The number of terminal acetylenes is 1. The molecule has 2 aromatic carbocycles. The number of nitrogens with one attached hydrogen (secondary N) is 1. The molecule has 0 unspecified atom stereocenters. The Kier molecular flexibility index (Phi) is 6.41. The zero-order chi connectivity index (χ0) is 24.4. The van der Waals surface area contributed by atoms with Crippen LogP contribution < -0.4 is 14.8 Å². The van der Waals surface area contributed by atoms with Crippen molar-refractivity contribution in [1.29, 1.82) is 0 Å². The molecule has 7 heteroatoms. The minimum Gasteiger partial charge on any atom is -0.422 e. The second kappa shape index (κ2) is 8.91. The van der Waals surface area contributed by atoms with E-state index >= 15 is 0 Å². The van der Waals surface area contributed by atoms with Crippen LogP contribution in [0.1, 0.15) is 47.1 Å².